The number of fused-ring (bicyclic) bond motifs is 1. The van der Waals surface area contributed by atoms with Crippen LogP contribution in [0.1, 0.15) is 25.0 Å². The van der Waals surface area contributed by atoms with E-state index in [9.17, 15) is 14.3 Å². The van der Waals surface area contributed by atoms with Crippen molar-refractivity contribution < 1.29 is 28.5 Å². The molecule has 1 N–H and O–H groups in total. The molecule has 0 saturated carbocycles. The average Bonchev–Trinajstić information content (AvgIpc) is 3.45. The first-order valence-corrected chi connectivity index (χ1v) is 16.1. The highest BCUT2D eigenvalue weighted by Gasteiger charge is 2.28. The summed E-state index contributed by atoms with van der Waals surface area (Å²) < 4.78 is 31.7. The predicted molar refractivity (Wildman–Crippen MR) is 180 cm³/mol. The standard InChI is InChI=1S/C35H35ClFN3O5S/c1-5-40(6-2)17-18-44-27-16-15-25(21(3)31(27)36)29-30-33(45-28(35(41)42)19-23-9-7-8-10-26(23)43-4)38-20-39-34(30)46-32(29)22-11-13-24(37)14-12-22/h7-16,20,28H,5-6,17-19H2,1-4H3,(H,41,42)/t28-/m1/s1. The third kappa shape index (κ3) is 7.09. The number of methoxy groups -OCH3 is 1. The highest BCUT2D eigenvalue weighted by Crippen LogP contribution is 2.49. The van der Waals surface area contributed by atoms with Gasteiger partial charge in [0.2, 0.25) is 12.0 Å². The first-order valence-electron chi connectivity index (χ1n) is 14.9. The van der Waals surface area contributed by atoms with Crippen molar-refractivity contribution in [3.05, 3.63) is 89.0 Å². The summed E-state index contributed by atoms with van der Waals surface area (Å²) in [7, 11) is 1.53. The molecule has 5 rings (SSSR count). The van der Waals surface area contributed by atoms with Crippen molar-refractivity contribution in [1.29, 1.82) is 0 Å². The van der Waals surface area contributed by atoms with E-state index in [1.54, 1.807) is 24.3 Å². The van der Waals surface area contributed by atoms with Gasteiger partial charge in [0.1, 0.15) is 35.1 Å². The average molecular weight is 664 g/mol. The van der Waals surface area contributed by atoms with Gasteiger partial charge in [-0.2, -0.15) is 0 Å². The number of carbonyl (C=O) groups is 1. The molecule has 0 radical (unpaired) electrons. The van der Waals surface area contributed by atoms with Gasteiger partial charge in [0.05, 0.1) is 17.5 Å². The number of thiophene rings is 1. The molecule has 0 amide bonds. The van der Waals surface area contributed by atoms with Gasteiger partial charge in [0.25, 0.3) is 0 Å². The van der Waals surface area contributed by atoms with Crippen molar-refractivity contribution in [2.75, 3.05) is 33.4 Å². The summed E-state index contributed by atoms with van der Waals surface area (Å²) in [6.07, 6.45) is 0.114. The van der Waals surface area contributed by atoms with Crippen LogP contribution in [0.4, 0.5) is 4.39 Å². The Morgan fingerprint density at radius 2 is 1.78 bits per heavy atom. The topological polar surface area (TPSA) is 94.0 Å². The fourth-order valence-corrected chi connectivity index (χ4v) is 6.68. The zero-order chi connectivity index (χ0) is 32.8. The highest BCUT2D eigenvalue weighted by atomic mass is 35.5. The van der Waals surface area contributed by atoms with E-state index in [2.05, 4.69) is 28.7 Å². The molecule has 0 bridgehead atoms. The number of carboxylic acid groups (broad SMARTS) is 1. The second-order valence-electron chi connectivity index (χ2n) is 10.6. The van der Waals surface area contributed by atoms with Crippen LogP contribution in [0.15, 0.2) is 67.0 Å². The van der Waals surface area contributed by atoms with Crippen LogP contribution in [-0.4, -0.2) is 65.4 Å². The number of carboxylic acids is 1. The number of ether oxygens (including phenoxy) is 3. The number of halogens is 2. The van der Waals surface area contributed by atoms with E-state index in [-0.39, 0.29) is 18.1 Å². The van der Waals surface area contributed by atoms with Gasteiger partial charge in [-0.1, -0.05) is 61.8 Å². The summed E-state index contributed by atoms with van der Waals surface area (Å²) in [6, 6.07) is 17.1. The van der Waals surface area contributed by atoms with E-state index in [0.717, 1.165) is 41.2 Å². The Morgan fingerprint density at radius 1 is 1.04 bits per heavy atom. The summed E-state index contributed by atoms with van der Waals surface area (Å²) in [4.78, 5) is 25.1. The molecule has 0 spiro atoms. The molecule has 11 heteroatoms. The third-order valence-electron chi connectivity index (χ3n) is 7.87. The quantitative estimate of drug-likeness (QED) is 0.128. The summed E-state index contributed by atoms with van der Waals surface area (Å²) in [6.45, 7) is 9.23. The molecule has 0 aliphatic carbocycles. The minimum Gasteiger partial charge on any atom is -0.496 e. The molecule has 0 aliphatic rings. The summed E-state index contributed by atoms with van der Waals surface area (Å²) >= 11 is 8.29. The molecule has 240 valence electrons. The molecular weight excluding hydrogens is 629 g/mol. The number of para-hydroxylation sites is 1. The lowest BCUT2D eigenvalue weighted by molar-refractivity contribution is -0.145. The van der Waals surface area contributed by atoms with E-state index < -0.39 is 12.1 Å². The van der Waals surface area contributed by atoms with E-state index in [1.165, 1.54) is 36.9 Å². The Hall–Kier alpha value is -4.25. The van der Waals surface area contributed by atoms with Crippen molar-refractivity contribution in [2.45, 2.75) is 33.3 Å². The molecule has 2 aromatic heterocycles. The van der Waals surface area contributed by atoms with Crippen molar-refractivity contribution in [2.24, 2.45) is 0 Å². The van der Waals surface area contributed by atoms with Crippen LogP contribution < -0.4 is 14.2 Å². The Labute approximate surface area is 276 Å². The number of benzene rings is 3. The van der Waals surface area contributed by atoms with Gasteiger partial charge in [-0.3, -0.25) is 0 Å². The third-order valence-corrected chi connectivity index (χ3v) is 9.48. The number of hydrogen-bond donors (Lipinski definition) is 1. The van der Waals surface area contributed by atoms with Crippen LogP contribution in [0.3, 0.4) is 0 Å². The van der Waals surface area contributed by atoms with Crippen LogP contribution in [0.2, 0.25) is 5.02 Å². The Kier molecular flexibility index (Phi) is 10.7. The number of likely N-dealkylation sites (N-methyl/N-ethyl adjacent to an activating group) is 1. The normalized spacial score (nSPS) is 12.0. The molecule has 0 fully saturated rings. The van der Waals surface area contributed by atoms with Gasteiger partial charge >= 0.3 is 5.97 Å². The summed E-state index contributed by atoms with van der Waals surface area (Å²) in [5, 5.41) is 11.2. The number of nitrogens with zero attached hydrogens (tertiary/aromatic N) is 3. The molecule has 46 heavy (non-hydrogen) atoms. The van der Waals surface area contributed by atoms with Gasteiger partial charge in [-0.15, -0.1) is 11.3 Å². The fraction of sp³-hybridized carbons (Fsp3) is 0.286. The zero-order valence-corrected chi connectivity index (χ0v) is 27.6. The van der Waals surface area contributed by atoms with Crippen molar-refractivity contribution >= 4 is 39.1 Å². The largest absolute Gasteiger partial charge is 0.496 e. The van der Waals surface area contributed by atoms with Gasteiger partial charge in [-0.25, -0.2) is 19.2 Å². The van der Waals surface area contributed by atoms with Crippen LogP contribution in [0, 0.1) is 12.7 Å². The van der Waals surface area contributed by atoms with E-state index in [1.807, 2.05) is 31.2 Å². The fourth-order valence-electron chi connectivity index (χ4n) is 5.31. The van der Waals surface area contributed by atoms with E-state index >= 15 is 0 Å². The van der Waals surface area contributed by atoms with Gasteiger partial charge in [-0.05, 0) is 66.5 Å². The molecule has 0 unspecified atom stereocenters. The first-order chi connectivity index (χ1) is 22.2. The maximum Gasteiger partial charge on any atom is 0.345 e. The van der Waals surface area contributed by atoms with Crippen LogP contribution in [-0.2, 0) is 11.2 Å². The summed E-state index contributed by atoms with van der Waals surface area (Å²) in [5.74, 6) is -0.278. The number of rotatable bonds is 14. The van der Waals surface area contributed by atoms with Crippen LogP contribution in [0.5, 0.6) is 17.4 Å². The molecule has 0 saturated heterocycles. The molecule has 8 nitrogen and oxygen atoms in total. The van der Waals surface area contributed by atoms with E-state index in [4.69, 9.17) is 25.8 Å². The molecular formula is C35H35ClFN3O5S. The zero-order valence-electron chi connectivity index (χ0n) is 26.0. The minimum atomic E-state index is -1.28. The van der Waals surface area contributed by atoms with E-state index in [0.29, 0.717) is 44.5 Å². The maximum absolute atomic E-state index is 14.0. The monoisotopic (exact) mass is 663 g/mol. The van der Waals surface area contributed by atoms with Gasteiger partial charge in [0.15, 0.2) is 0 Å². The highest BCUT2D eigenvalue weighted by molar-refractivity contribution is 7.22. The smallest absolute Gasteiger partial charge is 0.345 e. The lowest BCUT2D eigenvalue weighted by Crippen LogP contribution is -2.30. The molecule has 2 heterocycles. The lowest BCUT2D eigenvalue weighted by Gasteiger charge is -2.19. The van der Waals surface area contributed by atoms with Gasteiger partial charge in [0, 0.05) is 23.4 Å². The van der Waals surface area contributed by atoms with Crippen LogP contribution in [0.25, 0.3) is 31.8 Å². The maximum atomic E-state index is 14.0. The second kappa shape index (κ2) is 14.9. The SMILES string of the molecule is CCN(CC)CCOc1ccc(-c2c(-c3ccc(F)cc3)sc3ncnc(O[C@H](Cc4ccccc4OC)C(=O)O)c23)c(C)c1Cl. The minimum absolute atomic E-state index is 0.0412. The first kappa shape index (κ1) is 33.1. The molecule has 1 atom stereocenters. The second-order valence-corrected chi connectivity index (χ2v) is 11.9. The molecule has 0 aliphatic heterocycles. The summed E-state index contributed by atoms with van der Waals surface area (Å²) in [5.41, 5.74) is 3.66. The molecule has 5 aromatic rings. The Balaban J connectivity index is 1.62. The van der Waals surface area contributed by atoms with Crippen molar-refractivity contribution in [1.82, 2.24) is 14.9 Å². The predicted octanol–water partition coefficient (Wildman–Crippen LogP) is 7.93. The Morgan fingerprint density at radius 3 is 2.48 bits per heavy atom. The Bertz CT molecular complexity index is 1830. The van der Waals surface area contributed by atoms with Crippen molar-refractivity contribution in [3.63, 3.8) is 0 Å². The lowest BCUT2D eigenvalue weighted by atomic mass is 9.96. The van der Waals surface area contributed by atoms with Gasteiger partial charge < -0.3 is 24.2 Å². The van der Waals surface area contributed by atoms with Crippen molar-refractivity contribution in [3.8, 4) is 38.9 Å². The molecule has 3 aromatic carbocycles. The number of hydrogen-bond acceptors (Lipinski definition) is 8. The van der Waals surface area contributed by atoms with Crippen LogP contribution >= 0.6 is 22.9 Å². The number of aromatic nitrogens is 2. The number of aliphatic carboxylic acids is 1.